The summed E-state index contributed by atoms with van der Waals surface area (Å²) < 4.78 is 1.29. The summed E-state index contributed by atoms with van der Waals surface area (Å²) in [5.41, 5.74) is 5.89. The molecule has 20 heavy (non-hydrogen) atoms. The van der Waals surface area contributed by atoms with Crippen LogP contribution in [0.2, 0.25) is 5.02 Å². The first-order chi connectivity index (χ1) is 9.69. The van der Waals surface area contributed by atoms with Gasteiger partial charge in [-0.3, -0.25) is 4.90 Å². The Hall–Kier alpha value is -0.610. The van der Waals surface area contributed by atoms with Crippen molar-refractivity contribution in [3.63, 3.8) is 0 Å². The molecule has 1 aromatic heterocycles. The van der Waals surface area contributed by atoms with Crippen LogP contribution < -0.4 is 5.73 Å². The summed E-state index contributed by atoms with van der Waals surface area (Å²) in [6.07, 6.45) is 1.24. The van der Waals surface area contributed by atoms with E-state index in [1.54, 1.807) is 0 Å². The molecule has 0 radical (unpaired) electrons. The highest BCUT2D eigenvalue weighted by molar-refractivity contribution is 7.19. The maximum Gasteiger partial charge on any atom is 0.0637 e. The minimum absolute atomic E-state index is 0.622. The average molecular weight is 309 g/mol. The van der Waals surface area contributed by atoms with Gasteiger partial charge in [0.15, 0.2) is 0 Å². The lowest BCUT2D eigenvalue weighted by Gasteiger charge is -2.36. The van der Waals surface area contributed by atoms with Gasteiger partial charge < -0.3 is 5.73 Å². The van der Waals surface area contributed by atoms with Gasteiger partial charge in [-0.15, -0.1) is 11.3 Å². The lowest BCUT2D eigenvalue weighted by atomic mass is 9.87. The zero-order valence-corrected chi connectivity index (χ0v) is 13.4. The molecule has 0 spiro atoms. The molecule has 2 unspecified atom stereocenters. The van der Waals surface area contributed by atoms with Gasteiger partial charge in [-0.2, -0.15) is 0 Å². The summed E-state index contributed by atoms with van der Waals surface area (Å²) in [5, 5.41) is 2.13. The van der Waals surface area contributed by atoms with E-state index in [0.717, 1.165) is 37.1 Å². The molecule has 1 fully saturated rings. The molecule has 2 atom stereocenters. The van der Waals surface area contributed by atoms with Crippen molar-refractivity contribution in [2.45, 2.75) is 19.9 Å². The van der Waals surface area contributed by atoms with Gasteiger partial charge in [-0.25, -0.2) is 0 Å². The molecule has 108 valence electrons. The highest BCUT2D eigenvalue weighted by Gasteiger charge is 2.26. The zero-order chi connectivity index (χ0) is 14.1. The molecule has 2 nitrogen and oxygen atoms in total. The van der Waals surface area contributed by atoms with Crippen molar-refractivity contribution in [1.29, 1.82) is 0 Å². The number of nitrogens with zero attached hydrogens (tertiary/aromatic N) is 1. The van der Waals surface area contributed by atoms with E-state index in [-0.39, 0.29) is 0 Å². The van der Waals surface area contributed by atoms with Gasteiger partial charge >= 0.3 is 0 Å². The van der Waals surface area contributed by atoms with Crippen LogP contribution in [0.15, 0.2) is 24.3 Å². The fourth-order valence-electron chi connectivity index (χ4n) is 3.04. The van der Waals surface area contributed by atoms with Crippen LogP contribution in [-0.2, 0) is 6.54 Å². The molecular weight excluding hydrogens is 288 g/mol. The zero-order valence-electron chi connectivity index (χ0n) is 11.8. The smallest absolute Gasteiger partial charge is 0.0637 e. The van der Waals surface area contributed by atoms with Gasteiger partial charge in [0.1, 0.15) is 0 Å². The van der Waals surface area contributed by atoms with Crippen molar-refractivity contribution in [2.75, 3.05) is 19.6 Å². The average Bonchev–Trinajstić information content (AvgIpc) is 2.78. The molecule has 1 aliphatic rings. The number of piperidine rings is 1. The van der Waals surface area contributed by atoms with Crippen LogP contribution in [0, 0.1) is 11.8 Å². The number of likely N-dealkylation sites (tertiary alicyclic amines) is 1. The SMILES string of the molecule is CC1CCN(Cc2sc3ccccc3c2Cl)CC1CN. The minimum Gasteiger partial charge on any atom is -0.330 e. The maximum absolute atomic E-state index is 6.53. The second-order valence-corrected chi connectivity index (χ2v) is 7.35. The van der Waals surface area contributed by atoms with Crippen LogP contribution in [0.4, 0.5) is 0 Å². The Morgan fingerprint density at radius 1 is 1.40 bits per heavy atom. The first-order valence-corrected chi connectivity index (χ1v) is 8.46. The van der Waals surface area contributed by atoms with Crippen LogP contribution in [0.3, 0.4) is 0 Å². The number of hydrogen-bond acceptors (Lipinski definition) is 3. The lowest BCUT2D eigenvalue weighted by molar-refractivity contribution is 0.127. The molecule has 0 saturated carbocycles. The van der Waals surface area contributed by atoms with Gasteiger partial charge in [0, 0.05) is 28.1 Å². The monoisotopic (exact) mass is 308 g/mol. The highest BCUT2D eigenvalue weighted by atomic mass is 35.5. The van der Waals surface area contributed by atoms with E-state index in [0.29, 0.717) is 5.92 Å². The second-order valence-electron chi connectivity index (χ2n) is 5.83. The van der Waals surface area contributed by atoms with Crippen molar-refractivity contribution < 1.29 is 0 Å². The van der Waals surface area contributed by atoms with Crippen LogP contribution >= 0.6 is 22.9 Å². The fourth-order valence-corrected chi connectivity index (χ4v) is 4.58. The summed E-state index contributed by atoms with van der Waals surface area (Å²) in [6.45, 7) is 6.32. The number of halogens is 1. The van der Waals surface area contributed by atoms with Crippen LogP contribution in [0.25, 0.3) is 10.1 Å². The van der Waals surface area contributed by atoms with E-state index in [9.17, 15) is 0 Å². The molecule has 3 rings (SSSR count). The van der Waals surface area contributed by atoms with E-state index in [4.69, 9.17) is 17.3 Å². The number of hydrogen-bond donors (Lipinski definition) is 1. The lowest BCUT2D eigenvalue weighted by Crippen LogP contribution is -2.42. The third-order valence-electron chi connectivity index (χ3n) is 4.47. The Kier molecular flexibility index (Phi) is 4.32. The molecule has 0 amide bonds. The quantitative estimate of drug-likeness (QED) is 0.929. The summed E-state index contributed by atoms with van der Waals surface area (Å²) in [6, 6.07) is 8.39. The van der Waals surface area contributed by atoms with E-state index >= 15 is 0 Å². The molecule has 2 N–H and O–H groups in total. The van der Waals surface area contributed by atoms with E-state index in [1.807, 2.05) is 11.3 Å². The Balaban J connectivity index is 1.78. The van der Waals surface area contributed by atoms with Crippen molar-refractivity contribution in [1.82, 2.24) is 4.90 Å². The molecule has 0 bridgehead atoms. The molecule has 1 aliphatic heterocycles. The van der Waals surface area contributed by atoms with Crippen LogP contribution in [-0.4, -0.2) is 24.5 Å². The van der Waals surface area contributed by atoms with Gasteiger partial charge in [0.2, 0.25) is 0 Å². The molecule has 1 saturated heterocycles. The number of rotatable bonds is 3. The summed E-state index contributed by atoms with van der Waals surface area (Å²) in [4.78, 5) is 3.80. The van der Waals surface area contributed by atoms with Crippen molar-refractivity contribution >= 4 is 33.0 Å². The Labute approximate surface area is 129 Å². The topological polar surface area (TPSA) is 29.3 Å². The van der Waals surface area contributed by atoms with Gasteiger partial charge in [-0.1, -0.05) is 36.7 Å². The molecule has 0 aliphatic carbocycles. The Morgan fingerprint density at radius 2 is 2.20 bits per heavy atom. The van der Waals surface area contributed by atoms with Crippen LogP contribution in [0.5, 0.6) is 0 Å². The van der Waals surface area contributed by atoms with Crippen molar-refractivity contribution in [3.05, 3.63) is 34.2 Å². The predicted molar refractivity (Wildman–Crippen MR) is 88.4 cm³/mol. The number of fused-ring (bicyclic) bond motifs is 1. The van der Waals surface area contributed by atoms with Gasteiger partial charge in [0.25, 0.3) is 0 Å². The summed E-state index contributed by atoms with van der Waals surface area (Å²) in [7, 11) is 0. The predicted octanol–water partition coefficient (Wildman–Crippen LogP) is 3.97. The Bertz CT molecular complexity index is 595. The number of thiophene rings is 1. The second kappa shape index (κ2) is 6.02. The normalized spacial score (nSPS) is 24.4. The standard InChI is InChI=1S/C16H21ClN2S/c1-11-6-7-19(9-12(11)8-18)10-15-16(17)13-4-2-3-5-14(13)20-15/h2-5,11-12H,6-10,18H2,1H3. The highest BCUT2D eigenvalue weighted by Crippen LogP contribution is 2.36. The van der Waals surface area contributed by atoms with Crippen molar-refractivity contribution in [2.24, 2.45) is 17.6 Å². The molecule has 2 heterocycles. The fraction of sp³-hybridized carbons (Fsp3) is 0.500. The minimum atomic E-state index is 0.622. The molecule has 1 aromatic carbocycles. The number of benzene rings is 1. The largest absolute Gasteiger partial charge is 0.330 e. The van der Waals surface area contributed by atoms with E-state index in [1.165, 1.54) is 21.4 Å². The maximum atomic E-state index is 6.53. The van der Waals surface area contributed by atoms with Crippen molar-refractivity contribution in [3.8, 4) is 0 Å². The summed E-state index contributed by atoms with van der Waals surface area (Å²) in [5.74, 6) is 1.37. The number of nitrogens with two attached hydrogens (primary N) is 1. The third kappa shape index (κ3) is 2.73. The molecule has 2 aromatic rings. The molecular formula is C16H21ClN2S. The third-order valence-corrected chi connectivity index (χ3v) is 6.17. The summed E-state index contributed by atoms with van der Waals surface area (Å²) >= 11 is 8.36. The molecule has 4 heteroatoms. The van der Waals surface area contributed by atoms with Gasteiger partial charge in [0.05, 0.1) is 5.02 Å². The van der Waals surface area contributed by atoms with Crippen LogP contribution in [0.1, 0.15) is 18.2 Å². The Morgan fingerprint density at radius 3 is 2.95 bits per heavy atom. The first-order valence-electron chi connectivity index (χ1n) is 7.27. The van der Waals surface area contributed by atoms with Gasteiger partial charge in [-0.05, 0) is 37.4 Å². The first kappa shape index (κ1) is 14.3. The van der Waals surface area contributed by atoms with E-state index < -0.39 is 0 Å². The van der Waals surface area contributed by atoms with E-state index in [2.05, 4.69) is 36.1 Å².